The number of piperidine rings is 1. The van der Waals surface area contributed by atoms with Crippen LogP contribution >= 0.6 is 0 Å². The van der Waals surface area contributed by atoms with Crippen LogP contribution in [0.25, 0.3) is 0 Å². The van der Waals surface area contributed by atoms with Crippen molar-refractivity contribution in [2.45, 2.75) is 50.9 Å². The molecule has 0 saturated carbocycles. The van der Waals surface area contributed by atoms with Gasteiger partial charge < -0.3 is 0 Å². The van der Waals surface area contributed by atoms with E-state index in [0.29, 0.717) is 19.5 Å². The maximum absolute atomic E-state index is 13.8. The number of hydrogen-bond acceptors (Lipinski definition) is 2. The molecule has 1 aliphatic rings. The molecule has 2 aromatic rings. The lowest BCUT2D eigenvalue weighted by Crippen LogP contribution is -2.42. The molecular formula is C23H28FNO. The van der Waals surface area contributed by atoms with Crippen molar-refractivity contribution in [1.82, 2.24) is 5.12 Å². The summed E-state index contributed by atoms with van der Waals surface area (Å²) in [5.41, 5.74) is 3.18. The third kappa shape index (κ3) is 3.73. The average molecular weight is 353 g/mol. The fraction of sp³-hybridized carbons (Fsp3) is 0.435. The summed E-state index contributed by atoms with van der Waals surface area (Å²) in [6.45, 7) is 5.17. The van der Waals surface area contributed by atoms with E-state index in [9.17, 15) is 9.28 Å². The molecular weight excluding hydrogens is 325 g/mol. The van der Waals surface area contributed by atoms with Crippen LogP contribution in [0.1, 0.15) is 66.9 Å². The minimum atomic E-state index is -0.101. The molecule has 0 radical (unpaired) electrons. The lowest BCUT2D eigenvalue weighted by atomic mass is 9.63. The summed E-state index contributed by atoms with van der Waals surface area (Å²) in [6.07, 6.45) is 3.01. The van der Waals surface area contributed by atoms with Gasteiger partial charge in [-0.15, -0.1) is 9.60 Å². The summed E-state index contributed by atoms with van der Waals surface area (Å²) < 4.78 is 13.8. The number of hydrogen-bond donors (Lipinski definition) is 0. The minimum absolute atomic E-state index is 0.101. The zero-order chi connectivity index (χ0) is 18.6. The molecule has 2 nitrogen and oxygen atoms in total. The van der Waals surface area contributed by atoms with Crippen molar-refractivity contribution in [3.63, 3.8) is 0 Å². The fourth-order valence-corrected chi connectivity index (χ4v) is 4.27. The molecule has 0 N–H and O–H groups in total. The molecule has 1 atom stereocenters. The Bertz CT molecular complexity index is 718. The number of carbonyl (C=O) groups excluding carboxylic acids is 1. The van der Waals surface area contributed by atoms with E-state index in [1.54, 1.807) is 0 Å². The topological polar surface area (TPSA) is 20.3 Å². The van der Waals surface area contributed by atoms with Crippen molar-refractivity contribution in [3.05, 3.63) is 71.3 Å². The van der Waals surface area contributed by atoms with E-state index >= 15 is 0 Å². The first-order valence-electron chi connectivity index (χ1n) is 9.66. The standard InChI is InChI=1S/C23H28FNO/c1-3-7-22(26)20-10-12-21(13-11-20)23(14-16-25(24)17-15-23)18(2)19-8-5-4-6-9-19/h4-6,8-13,18H,3,7,14-17H2,1-2H3. The van der Waals surface area contributed by atoms with E-state index in [0.717, 1.165) is 29.9 Å². The highest BCUT2D eigenvalue weighted by atomic mass is 19.2. The summed E-state index contributed by atoms with van der Waals surface area (Å²) in [5.74, 6) is 0.484. The Hall–Kier alpha value is -2.00. The number of rotatable bonds is 6. The van der Waals surface area contributed by atoms with Gasteiger partial charge in [0.1, 0.15) is 0 Å². The van der Waals surface area contributed by atoms with Gasteiger partial charge in [0.05, 0.1) is 0 Å². The smallest absolute Gasteiger partial charge is 0.162 e. The van der Waals surface area contributed by atoms with Crippen LogP contribution in [0, 0.1) is 0 Å². The number of nitrogens with zero attached hydrogens (tertiary/aromatic N) is 1. The van der Waals surface area contributed by atoms with Gasteiger partial charge in [0.15, 0.2) is 5.78 Å². The minimum Gasteiger partial charge on any atom is -0.294 e. The molecule has 26 heavy (non-hydrogen) atoms. The van der Waals surface area contributed by atoms with Gasteiger partial charge in [0.25, 0.3) is 0 Å². The Kier molecular flexibility index (Phi) is 5.87. The van der Waals surface area contributed by atoms with Gasteiger partial charge in [-0.05, 0) is 36.3 Å². The molecule has 3 rings (SSSR count). The van der Waals surface area contributed by atoms with Crippen LogP contribution in [-0.4, -0.2) is 24.0 Å². The van der Waals surface area contributed by atoms with E-state index in [1.165, 1.54) is 11.1 Å². The molecule has 1 unspecified atom stereocenters. The Morgan fingerprint density at radius 2 is 1.69 bits per heavy atom. The second-order valence-electron chi connectivity index (χ2n) is 7.45. The Morgan fingerprint density at radius 3 is 2.27 bits per heavy atom. The number of benzene rings is 2. The van der Waals surface area contributed by atoms with Crippen LogP contribution in [0.2, 0.25) is 0 Å². The third-order valence-corrected chi connectivity index (χ3v) is 5.99. The predicted molar refractivity (Wildman–Crippen MR) is 104 cm³/mol. The van der Waals surface area contributed by atoms with Gasteiger partial charge in [-0.1, -0.05) is 68.4 Å². The van der Waals surface area contributed by atoms with Crippen LogP contribution in [0.5, 0.6) is 0 Å². The van der Waals surface area contributed by atoms with Crippen molar-refractivity contribution >= 4 is 5.78 Å². The van der Waals surface area contributed by atoms with E-state index in [1.807, 2.05) is 25.1 Å². The van der Waals surface area contributed by atoms with Gasteiger partial charge in [-0.3, -0.25) is 4.79 Å². The van der Waals surface area contributed by atoms with E-state index < -0.39 is 0 Å². The number of Topliss-reactive ketones (excluding diaryl/α,β-unsaturated/α-hetero) is 1. The highest BCUT2D eigenvalue weighted by molar-refractivity contribution is 5.96. The Morgan fingerprint density at radius 1 is 1.08 bits per heavy atom. The highest BCUT2D eigenvalue weighted by Gasteiger charge is 2.41. The summed E-state index contributed by atoms with van der Waals surface area (Å²) in [5, 5.41) is 0.926. The van der Waals surface area contributed by atoms with Crippen LogP contribution in [0.4, 0.5) is 4.48 Å². The van der Waals surface area contributed by atoms with Crippen LogP contribution < -0.4 is 0 Å². The van der Waals surface area contributed by atoms with Crippen molar-refractivity contribution in [2.75, 3.05) is 13.1 Å². The zero-order valence-electron chi connectivity index (χ0n) is 15.7. The SMILES string of the molecule is CCCC(=O)c1ccc(C2(C(C)c3ccccc3)CCN(F)CC2)cc1. The molecule has 1 fully saturated rings. The maximum Gasteiger partial charge on any atom is 0.162 e. The van der Waals surface area contributed by atoms with Gasteiger partial charge >= 0.3 is 0 Å². The molecule has 138 valence electrons. The Balaban J connectivity index is 1.95. The normalized spacial score (nSPS) is 18.4. The van der Waals surface area contributed by atoms with E-state index in [-0.39, 0.29) is 17.1 Å². The lowest BCUT2D eigenvalue weighted by molar-refractivity contribution is -0.0208. The maximum atomic E-state index is 13.8. The highest BCUT2D eigenvalue weighted by Crippen LogP contribution is 2.46. The van der Waals surface area contributed by atoms with Crippen LogP contribution in [0.15, 0.2) is 54.6 Å². The molecule has 1 aliphatic heterocycles. The van der Waals surface area contributed by atoms with Gasteiger partial charge in [-0.25, -0.2) is 0 Å². The predicted octanol–water partition coefficient (Wildman–Crippen LogP) is 5.69. The monoisotopic (exact) mass is 353 g/mol. The summed E-state index contributed by atoms with van der Waals surface area (Å²) >= 11 is 0. The second-order valence-corrected chi connectivity index (χ2v) is 7.45. The third-order valence-electron chi connectivity index (χ3n) is 5.99. The van der Waals surface area contributed by atoms with Gasteiger partial charge in [-0.2, -0.15) is 0 Å². The second kappa shape index (κ2) is 8.13. The number of carbonyl (C=O) groups is 1. The first-order valence-corrected chi connectivity index (χ1v) is 9.66. The summed E-state index contributed by atoms with van der Waals surface area (Å²) in [4.78, 5) is 12.2. The van der Waals surface area contributed by atoms with Crippen LogP contribution in [0.3, 0.4) is 0 Å². The molecule has 1 heterocycles. The molecule has 1 saturated heterocycles. The van der Waals surface area contributed by atoms with Crippen LogP contribution in [-0.2, 0) is 5.41 Å². The first kappa shape index (κ1) is 18.8. The Labute approximate surface area is 156 Å². The number of halogens is 1. The molecule has 0 spiro atoms. The molecule has 0 bridgehead atoms. The van der Waals surface area contributed by atoms with Gasteiger partial charge in [0.2, 0.25) is 0 Å². The van der Waals surface area contributed by atoms with E-state index in [2.05, 4.69) is 43.3 Å². The van der Waals surface area contributed by atoms with Crippen molar-refractivity contribution in [2.24, 2.45) is 0 Å². The van der Waals surface area contributed by atoms with Gasteiger partial charge in [0, 0.05) is 30.5 Å². The lowest BCUT2D eigenvalue weighted by Gasteiger charge is -2.44. The quantitative estimate of drug-likeness (QED) is 0.491. The summed E-state index contributed by atoms with van der Waals surface area (Å²) in [7, 11) is 0. The average Bonchev–Trinajstić information content (AvgIpc) is 2.69. The van der Waals surface area contributed by atoms with Crippen molar-refractivity contribution in [3.8, 4) is 0 Å². The first-order chi connectivity index (χ1) is 12.6. The molecule has 0 aliphatic carbocycles. The largest absolute Gasteiger partial charge is 0.294 e. The zero-order valence-corrected chi connectivity index (χ0v) is 15.7. The van der Waals surface area contributed by atoms with E-state index in [4.69, 9.17) is 0 Å². The molecule has 2 aromatic carbocycles. The molecule has 3 heteroatoms. The number of ketones is 1. The molecule has 0 aromatic heterocycles. The van der Waals surface area contributed by atoms with Crippen molar-refractivity contribution in [1.29, 1.82) is 0 Å². The molecule has 0 amide bonds. The summed E-state index contributed by atoms with van der Waals surface area (Å²) in [6, 6.07) is 18.6. The van der Waals surface area contributed by atoms with Crippen molar-refractivity contribution < 1.29 is 9.28 Å². The fourth-order valence-electron chi connectivity index (χ4n) is 4.27.